The smallest absolute Gasteiger partial charge is 0.224 e. The van der Waals surface area contributed by atoms with Crippen LogP contribution in [0.25, 0.3) is 10.8 Å². The summed E-state index contributed by atoms with van der Waals surface area (Å²) in [6, 6.07) is 14.3. The number of carbonyl (C=O) groups excluding carboxylic acids is 1. The molecule has 0 aromatic heterocycles. The molecule has 3 nitrogen and oxygen atoms in total. The molecule has 116 valence electrons. The Bertz CT molecular complexity index is 653. The Kier molecular flexibility index (Phi) is 4.74. The summed E-state index contributed by atoms with van der Waals surface area (Å²) in [7, 11) is 0. The summed E-state index contributed by atoms with van der Waals surface area (Å²) in [5, 5.41) is 15.1. The van der Waals surface area contributed by atoms with Gasteiger partial charge in [0.15, 0.2) is 0 Å². The minimum absolute atomic E-state index is 0.0651. The van der Waals surface area contributed by atoms with E-state index in [4.69, 9.17) is 0 Å². The van der Waals surface area contributed by atoms with Crippen LogP contribution in [-0.2, 0) is 11.2 Å². The van der Waals surface area contributed by atoms with Gasteiger partial charge in [-0.25, -0.2) is 0 Å². The molecule has 0 spiro atoms. The molecule has 0 aliphatic heterocycles. The first-order chi connectivity index (χ1) is 10.7. The maximum atomic E-state index is 12.1. The van der Waals surface area contributed by atoms with Crippen molar-refractivity contribution in [3.63, 3.8) is 0 Å². The van der Waals surface area contributed by atoms with Crippen LogP contribution in [0, 0.1) is 5.92 Å². The van der Waals surface area contributed by atoms with Gasteiger partial charge in [-0.2, -0.15) is 0 Å². The second-order valence-electron chi connectivity index (χ2n) is 6.35. The second kappa shape index (κ2) is 6.93. The Balaban J connectivity index is 1.54. The highest BCUT2D eigenvalue weighted by atomic mass is 16.3. The molecule has 1 fully saturated rings. The fraction of sp³-hybridized carbons (Fsp3) is 0.421. The second-order valence-corrected chi connectivity index (χ2v) is 6.35. The Hall–Kier alpha value is -1.87. The van der Waals surface area contributed by atoms with Gasteiger partial charge in [0, 0.05) is 6.54 Å². The third kappa shape index (κ3) is 3.86. The molecule has 2 N–H and O–H groups in total. The summed E-state index contributed by atoms with van der Waals surface area (Å²) in [5.74, 6) is 0.486. The first-order valence-electron chi connectivity index (χ1n) is 8.13. The van der Waals surface area contributed by atoms with E-state index in [-0.39, 0.29) is 12.0 Å². The van der Waals surface area contributed by atoms with E-state index in [0.717, 1.165) is 31.2 Å². The highest BCUT2D eigenvalue weighted by Gasteiger charge is 2.20. The predicted octanol–water partition coefficient (Wildman–Crippen LogP) is 3.05. The van der Waals surface area contributed by atoms with Crippen molar-refractivity contribution in [3.8, 4) is 0 Å². The van der Waals surface area contributed by atoms with E-state index in [0.29, 0.717) is 18.9 Å². The summed E-state index contributed by atoms with van der Waals surface area (Å²) in [4.78, 5) is 12.1. The summed E-state index contributed by atoms with van der Waals surface area (Å²) in [6.07, 6.45) is 4.12. The molecule has 2 aromatic carbocycles. The molecule has 1 saturated carbocycles. The molecule has 22 heavy (non-hydrogen) atoms. The van der Waals surface area contributed by atoms with Gasteiger partial charge < -0.3 is 10.4 Å². The number of nitrogens with one attached hydrogen (secondary N) is 1. The van der Waals surface area contributed by atoms with E-state index >= 15 is 0 Å². The molecule has 0 heterocycles. The Morgan fingerprint density at radius 1 is 1.14 bits per heavy atom. The van der Waals surface area contributed by atoms with Crippen molar-refractivity contribution in [2.75, 3.05) is 6.54 Å². The van der Waals surface area contributed by atoms with Gasteiger partial charge in [-0.3, -0.25) is 4.79 Å². The van der Waals surface area contributed by atoms with Crippen molar-refractivity contribution in [1.82, 2.24) is 5.32 Å². The zero-order valence-electron chi connectivity index (χ0n) is 12.8. The van der Waals surface area contributed by atoms with Crippen molar-refractivity contribution < 1.29 is 9.90 Å². The van der Waals surface area contributed by atoms with Gasteiger partial charge in [0.1, 0.15) is 0 Å². The first-order valence-corrected chi connectivity index (χ1v) is 8.13. The van der Waals surface area contributed by atoms with Gasteiger partial charge in [0.25, 0.3) is 0 Å². The third-order valence-electron chi connectivity index (χ3n) is 4.52. The summed E-state index contributed by atoms with van der Waals surface area (Å²) in [6.45, 7) is 0.684. The van der Waals surface area contributed by atoms with Crippen LogP contribution in [0.3, 0.4) is 0 Å². The van der Waals surface area contributed by atoms with E-state index in [1.165, 1.54) is 10.8 Å². The largest absolute Gasteiger partial charge is 0.393 e. The van der Waals surface area contributed by atoms with Crippen molar-refractivity contribution >= 4 is 16.7 Å². The molecule has 2 unspecified atom stereocenters. The van der Waals surface area contributed by atoms with Gasteiger partial charge in [-0.05, 0) is 41.5 Å². The summed E-state index contributed by atoms with van der Waals surface area (Å²) in [5.41, 5.74) is 1.04. The maximum Gasteiger partial charge on any atom is 0.224 e. The highest BCUT2D eigenvalue weighted by Crippen LogP contribution is 2.23. The number of fused-ring (bicyclic) bond motifs is 1. The highest BCUT2D eigenvalue weighted by molar-refractivity contribution is 5.85. The molecule has 0 radical (unpaired) electrons. The SMILES string of the molecule is O=C(Cc1ccc2ccccc2c1)NCC1CCCC(O)C1. The lowest BCUT2D eigenvalue weighted by atomic mass is 9.87. The van der Waals surface area contributed by atoms with Gasteiger partial charge in [0.2, 0.25) is 5.91 Å². The molecule has 0 bridgehead atoms. The van der Waals surface area contributed by atoms with Crippen molar-refractivity contribution in [2.24, 2.45) is 5.92 Å². The first kappa shape index (κ1) is 15.0. The Morgan fingerprint density at radius 2 is 1.95 bits per heavy atom. The van der Waals surface area contributed by atoms with Crippen LogP contribution in [-0.4, -0.2) is 23.7 Å². The van der Waals surface area contributed by atoms with Crippen molar-refractivity contribution in [2.45, 2.75) is 38.2 Å². The van der Waals surface area contributed by atoms with Crippen molar-refractivity contribution in [1.29, 1.82) is 0 Å². The molecule has 1 aliphatic carbocycles. The van der Waals surface area contributed by atoms with E-state index < -0.39 is 0 Å². The lowest BCUT2D eigenvalue weighted by Gasteiger charge is -2.25. The topological polar surface area (TPSA) is 49.3 Å². The average Bonchev–Trinajstić information content (AvgIpc) is 2.53. The van der Waals surface area contributed by atoms with E-state index in [1.54, 1.807) is 0 Å². The molecule has 2 atom stereocenters. The van der Waals surface area contributed by atoms with Crippen LogP contribution in [0.4, 0.5) is 0 Å². The van der Waals surface area contributed by atoms with E-state index in [1.807, 2.05) is 18.2 Å². The van der Waals surface area contributed by atoms with Gasteiger partial charge in [0.05, 0.1) is 12.5 Å². The zero-order valence-corrected chi connectivity index (χ0v) is 12.8. The van der Waals surface area contributed by atoms with E-state index in [9.17, 15) is 9.90 Å². The van der Waals surface area contributed by atoms with Gasteiger partial charge in [-0.15, -0.1) is 0 Å². The lowest BCUT2D eigenvalue weighted by Crippen LogP contribution is -2.33. The lowest BCUT2D eigenvalue weighted by molar-refractivity contribution is -0.120. The fourth-order valence-corrected chi connectivity index (χ4v) is 3.30. The molecular formula is C19H23NO2. The Labute approximate surface area is 131 Å². The molecule has 1 aliphatic rings. The zero-order chi connectivity index (χ0) is 15.4. The standard InChI is InChI=1S/C19H23NO2/c21-18-7-3-4-15(11-18)13-20-19(22)12-14-8-9-16-5-1-2-6-17(16)10-14/h1-2,5-6,8-10,15,18,21H,3-4,7,11-13H2,(H,20,22). The normalized spacial score (nSPS) is 21.7. The molecule has 3 rings (SSSR count). The van der Waals surface area contributed by atoms with Crippen molar-refractivity contribution in [3.05, 3.63) is 48.0 Å². The number of aliphatic hydroxyl groups excluding tert-OH is 1. The van der Waals surface area contributed by atoms with Crippen LogP contribution in [0.1, 0.15) is 31.2 Å². The summed E-state index contributed by atoms with van der Waals surface area (Å²) < 4.78 is 0. The van der Waals surface area contributed by atoms with Crippen LogP contribution < -0.4 is 5.32 Å². The molecule has 0 saturated heterocycles. The van der Waals surface area contributed by atoms with Crippen LogP contribution in [0.15, 0.2) is 42.5 Å². The number of aliphatic hydroxyl groups is 1. The number of hydrogen-bond donors (Lipinski definition) is 2. The monoisotopic (exact) mass is 297 g/mol. The number of rotatable bonds is 4. The molecule has 3 heteroatoms. The van der Waals surface area contributed by atoms with Crippen LogP contribution >= 0.6 is 0 Å². The minimum atomic E-state index is -0.184. The maximum absolute atomic E-state index is 12.1. The average molecular weight is 297 g/mol. The van der Waals surface area contributed by atoms with Crippen LogP contribution in [0.2, 0.25) is 0 Å². The number of benzene rings is 2. The minimum Gasteiger partial charge on any atom is -0.393 e. The molecular weight excluding hydrogens is 274 g/mol. The number of hydrogen-bond acceptors (Lipinski definition) is 2. The van der Waals surface area contributed by atoms with Crippen LogP contribution in [0.5, 0.6) is 0 Å². The fourth-order valence-electron chi connectivity index (χ4n) is 3.30. The van der Waals surface area contributed by atoms with Gasteiger partial charge >= 0.3 is 0 Å². The third-order valence-corrected chi connectivity index (χ3v) is 4.52. The molecule has 1 amide bonds. The predicted molar refractivity (Wildman–Crippen MR) is 88.6 cm³/mol. The van der Waals surface area contributed by atoms with E-state index in [2.05, 4.69) is 29.6 Å². The Morgan fingerprint density at radius 3 is 2.77 bits per heavy atom. The van der Waals surface area contributed by atoms with Gasteiger partial charge in [-0.1, -0.05) is 48.9 Å². The summed E-state index contributed by atoms with van der Waals surface area (Å²) >= 11 is 0. The molecule has 2 aromatic rings. The number of carbonyl (C=O) groups is 1. The quantitative estimate of drug-likeness (QED) is 0.911. The number of amides is 1.